The highest BCUT2D eigenvalue weighted by atomic mass is 16.5. The molecule has 0 heterocycles. The number of phenols is 1. The second-order valence-electron chi connectivity index (χ2n) is 5.15. The number of nitrogens with zero attached hydrogens (tertiary/aromatic N) is 1. The Morgan fingerprint density at radius 3 is 2.75 bits per heavy atom. The Morgan fingerprint density at radius 2 is 1.92 bits per heavy atom. The predicted molar refractivity (Wildman–Crippen MR) is 93.7 cm³/mol. The summed E-state index contributed by atoms with van der Waals surface area (Å²) >= 11 is 0. The Labute approximate surface area is 139 Å². The van der Waals surface area contributed by atoms with E-state index in [-0.39, 0.29) is 17.4 Å². The van der Waals surface area contributed by atoms with E-state index in [0.29, 0.717) is 5.56 Å². The summed E-state index contributed by atoms with van der Waals surface area (Å²) in [6.07, 6.45) is 1.61. The first kappa shape index (κ1) is 15.6. The van der Waals surface area contributed by atoms with Gasteiger partial charge < -0.3 is 9.84 Å². The third-order valence-corrected chi connectivity index (χ3v) is 3.64. The molecule has 0 spiro atoms. The zero-order valence-corrected chi connectivity index (χ0v) is 13.1. The van der Waals surface area contributed by atoms with E-state index in [1.54, 1.807) is 6.21 Å². The van der Waals surface area contributed by atoms with Crippen LogP contribution >= 0.6 is 0 Å². The SMILES string of the molecule is COc1cc(C(=O)NN=Cc2cccc3ccccc23)ccc1O. The quantitative estimate of drug-likeness (QED) is 0.572. The van der Waals surface area contributed by atoms with Crippen LogP contribution in [0.5, 0.6) is 11.5 Å². The average Bonchev–Trinajstić information content (AvgIpc) is 2.62. The number of phenolic OH excluding ortho intramolecular Hbond substituents is 1. The molecule has 1 amide bonds. The van der Waals surface area contributed by atoms with Crippen molar-refractivity contribution in [3.05, 3.63) is 71.8 Å². The average molecular weight is 320 g/mol. The third-order valence-electron chi connectivity index (χ3n) is 3.64. The molecule has 3 aromatic carbocycles. The fourth-order valence-electron chi connectivity index (χ4n) is 2.41. The number of hydrazone groups is 1. The molecule has 5 heteroatoms. The van der Waals surface area contributed by atoms with Crippen molar-refractivity contribution < 1.29 is 14.6 Å². The number of carbonyl (C=O) groups excluding carboxylic acids is 1. The maximum atomic E-state index is 12.1. The molecule has 0 saturated carbocycles. The van der Waals surface area contributed by atoms with Crippen LogP contribution < -0.4 is 10.2 Å². The highest BCUT2D eigenvalue weighted by molar-refractivity contribution is 6.00. The van der Waals surface area contributed by atoms with Gasteiger partial charge in [0.15, 0.2) is 11.5 Å². The fraction of sp³-hybridized carbons (Fsp3) is 0.0526. The van der Waals surface area contributed by atoms with Crippen molar-refractivity contribution in [2.45, 2.75) is 0 Å². The predicted octanol–water partition coefficient (Wildman–Crippen LogP) is 3.32. The second-order valence-corrected chi connectivity index (χ2v) is 5.15. The Morgan fingerprint density at radius 1 is 1.12 bits per heavy atom. The Bertz CT molecular complexity index is 914. The number of nitrogens with one attached hydrogen (secondary N) is 1. The fourth-order valence-corrected chi connectivity index (χ4v) is 2.41. The molecule has 0 aliphatic rings. The first-order valence-corrected chi connectivity index (χ1v) is 7.37. The molecular formula is C19H16N2O3. The van der Waals surface area contributed by atoms with Gasteiger partial charge in [-0.05, 0) is 29.0 Å². The third kappa shape index (κ3) is 3.20. The largest absolute Gasteiger partial charge is 0.504 e. The monoisotopic (exact) mass is 320 g/mol. The van der Waals surface area contributed by atoms with Gasteiger partial charge in [-0.15, -0.1) is 0 Å². The van der Waals surface area contributed by atoms with Gasteiger partial charge >= 0.3 is 0 Å². The number of hydrogen-bond donors (Lipinski definition) is 2. The Kier molecular flexibility index (Phi) is 4.43. The van der Waals surface area contributed by atoms with E-state index in [2.05, 4.69) is 10.5 Å². The molecule has 24 heavy (non-hydrogen) atoms. The number of methoxy groups -OCH3 is 1. The molecule has 3 rings (SSSR count). The van der Waals surface area contributed by atoms with E-state index < -0.39 is 0 Å². The van der Waals surface area contributed by atoms with Gasteiger partial charge in [0.25, 0.3) is 5.91 Å². The van der Waals surface area contributed by atoms with Crippen molar-refractivity contribution in [3.8, 4) is 11.5 Å². The Hall–Kier alpha value is -3.34. The lowest BCUT2D eigenvalue weighted by molar-refractivity contribution is 0.0955. The van der Waals surface area contributed by atoms with Gasteiger partial charge in [0.2, 0.25) is 0 Å². The topological polar surface area (TPSA) is 70.9 Å². The minimum atomic E-state index is -0.384. The van der Waals surface area contributed by atoms with E-state index >= 15 is 0 Å². The highest BCUT2D eigenvalue weighted by Crippen LogP contribution is 2.26. The van der Waals surface area contributed by atoms with Crippen molar-refractivity contribution >= 4 is 22.9 Å². The van der Waals surface area contributed by atoms with Gasteiger partial charge in [-0.25, -0.2) is 5.43 Å². The van der Waals surface area contributed by atoms with Crippen molar-refractivity contribution in [2.75, 3.05) is 7.11 Å². The number of aromatic hydroxyl groups is 1. The van der Waals surface area contributed by atoms with Gasteiger partial charge in [-0.2, -0.15) is 5.10 Å². The lowest BCUT2D eigenvalue weighted by atomic mass is 10.1. The van der Waals surface area contributed by atoms with Crippen LogP contribution in [0.3, 0.4) is 0 Å². The molecule has 0 saturated heterocycles. The summed E-state index contributed by atoms with van der Waals surface area (Å²) in [4.78, 5) is 12.1. The van der Waals surface area contributed by atoms with Crippen LogP contribution in [0.1, 0.15) is 15.9 Å². The summed E-state index contributed by atoms with van der Waals surface area (Å²) in [5.74, 6) is -0.168. The number of rotatable bonds is 4. The normalized spacial score (nSPS) is 10.9. The van der Waals surface area contributed by atoms with Crippen LogP contribution in [0.4, 0.5) is 0 Å². The first-order valence-electron chi connectivity index (χ1n) is 7.37. The van der Waals surface area contributed by atoms with E-state index in [0.717, 1.165) is 16.3 Å². The molecule has 5 nitrogen and oxygen atoms in total. The summed E-state index contributed by atoms with van der Waals surface area (Å²) in [5, 5.41) is 15.7. The van der Waals surface area contributed by atoms with Crippen LogP contribution in [-0.2, 0) is 0 Å². The molecule has 0 aliphatic carbocycles. The van der Waals surface area contributed by atoms with Gasteiger partial charge in [0.1, 0.15) is 0 Å². The van der Waals surface area contributed by atoms with Gasteiger partial charge in [-0.1, -0.05) is 42.5 Å². The number of hydrogen-bond acceptors (Lipinski definition) is 4. The van der Waals surface area contributed by atoms with Gasteiger partial charge in [0, 0.05) is 11.1 Å². The zero-order valence-electron chi connectivity index (χ0n) is 13.1. The zero-order chi connectivity index (χ0) is 16.9. The molecule has 2 N–H and O–H groups in total. The Balaban J connectivity index is 1.77. The van der Waals surface area contributed by atoms with Gasteiger partial charge in [-0.3, -0.25) is 4.79 Å². The van der Waals surface area contributed by atoms with Crippen LogP contribution in [0.15, 0.2) is 65.8 Å². The molecule has 0 aromatic heterocycles. The molecule has 0 atom stereocenters. The molecule has 3 aromatic rings. The molecule has 120 valence electrons. The first-order chi connectivity index (χ1) is 11.7. The highest BCUT2D eigenvalue weighted by Gasteiger charge is 2.08. The summed E-state index contributed by atoms with van der Waals surface area (Å²) < 4.78 is 4.99. The summed E-state index contributed by atoms with van der Waals surface area (Å²) in [6, 6.07) is 18.2. The van der Waals surface area contributed by atoms with Crippen molar-refractivity contribution in [2.24, 2.45) is 5.10 Å². The van der Waals surface area contributed by atoms with Crippen LogP contribution in [0.2, 0.25) is 0 Å². The minimum absolute atomic E-state index is 0.0201. The van der Waals surface area contributed by atoms with E-state index in [4.69, 9.17) is 4.74 Å². The summed E-state index contributed by atoms with van der Waals surface area (Å²) in [7, 11) is 1.43. The molecule has 0 unspecified atom stereocenters. The lowest BCUT2D eigenvalue weighted by Gasteiger charge is -2.05. The van der Waals surface area contributed by atoms with E-state index in [9.17, 15) is 9.90 Å². The number of benzene rings is 3. The molecule has 0 fully saturated rings. The molecule has 0 bridgehead atoms. The number of ether oxygens (including phenoxy) is 1. The van der Waals surface area contributed by atoms with E-state index in [1.807, 2.05) is 42.5 Å². The standard InChI is InChI=1S/C19H16N2O3/c1-24-18-11-14(9-10-17(18)22)19(23)21-20-12-15-7-4-6-13-5-2-3-8-16(13)15/h2-12,22H,1H3,(H,21,23). The number of carbonyl (C=O) groups is 1. The molecule has 0 aliphatic heterocycles. The van der Waals surface area contributed by atoms with Gasteiger partial charge in [0.05, 0.1) is 13.3 Å². The maximum Gasteiger partial charge on any atom is 0.271 e. The minimum Gasteiger partial charge on any atom is -0.504 e. The van der Waals surface area contributed by atoms with Crippen molar-refractivity contribution in [1.82, 2.24) is 5.43 Å². The summed E-state index contributed by atoms with van der Waals surface area (Å²) in [5.41, 5.74) is 3.74. The summed E-state index contributed by atoms with van der Waals surface area (Å²) in [6.45, 7) is 0. The van der Waals surface area contributed by atoms with Crippen molar-refractivity contribution in [3.63, 3.8) is 0 Å². The molecular weight excluding hydrogens is 304 g/mol. The van der Waals surface area contributed by atoms with Crippen molar-refractivity contribution in [1.29, 1.82) is 0 Å². The van der Waals surface area contributed by atoms with E-state index in [1.165, 1.54) is 25.3 Å². The molecule has 0 radical (unpaired) electrons. The maximum absolute atomic E-state index is 12.1. The lowest BCUT2D eigenvalue weighted by Crippen LogP contribution is -2.17. The smallest absolute Gasteiger partial charge is 0.271 e. The number of amides is 1. The number of fused-ring (bicyclic) bond motifs is 1. The second kappa shape index (κ2) is 6.83. The van der Waals surface area contributed by atoms with Crippen LogP contribution in [0, 0.1) is 0 Å². The van der Waals surface area contributed by atoms with Crippen LogP contribution in [0.25, 0.3) is 10.8 Å². The van der Waals surface area contributed by atoms with Crippen LogP contribution in [-0.4, -0.2) is 24.3 Å².